The molecule has 0 aliphatic rings. The fourth-order valence-corrected chi connectivity index (χ4v) is 4.55. The van der Waals surface area contributed by atoms with Gasteiger partial charge >= 0.3 is 0 Å². The minimum absolute atomic E-state index is 0.486. The van der Waals surface area contributed by atoms with Crippen LogP contribution in [-0.4, -0.2) is 28.2 Å². The number of halogens is 1. The summed E-state index contributed by atoms with van der Waals surface area (Å²) in [4.78, 5) is 8.86. The molecule has 2 aromatic heterocycles. The number of aliphatic hydroxyl groups is 1. The van der Waals surface area contributed by atoms with E-state index >= 15 is 0 Å². The molecule has 0 aliphatic carbocycles. The van der Waals surface area contributed by atoms with Crippen LogP contribution in [-0.2, 0) is 13.0 Å². The van der Waals surface area contributed by atoms with Gasteiger partial charge in [0.05, 0.1) is 17.6 Å². The molecule has 0 radical (unpaired) electrons. The second-order valence-electron chi connectivity index (χ2n) is 6.72. The summed E-state index contributed by atoms with van der Waals surface area (Å²) in [6, 6.07) is 17.9. The van der Waals surface area contributed by atoms with Crippen molar-refractivity contribution < 1.29 is 9.84 Å². The van der Waals surface area contributed by atoms with Crippen LogP contribution in [0.5, 0.6) is 5.75 Å². The predicted molar refractivity (Wildman–Crippen MR) is 120 cm³/mol. The van der Waals surface area contributed by atoms with Crippen LogP contribution in [0.1, 0.15) is 22.4 Å². The lowest BCUT2D eigenvalue weighted by Gasteiger charge is -2.13. The smallest absolute Gasteiger partial charge is 0.123 e. The van der Waals surface area contributed by atoms with Crippen LogP contribution in [0.2, 0.25) is 0 Å². The van der Waals surface area contributed by atoms with Crippen molar-refractivity contribution in [2.24, 2.45) is 0 Å². The Morgan fingerprint density at radius 1 is 1.17 bits per heavy atom. The molecule has 2 aromatic carbocycles. The third kappa shape index (κ3) is 5.25. The maximum absolute atomic E-state index is 10.3. The number of aromatic nitrogens is 2. The molecule has 0 amide bonds. The molecule has 0 unspecified atom stereocenters. The molecule has 0 fully saturated rings. The Morgan fingerprint density at radius 2 is 2.00 bits per heavy atom. The number of nitrogens with one attached hydrogen (secondary N) is 2. The number of H-pyrrole nitrogens is 1. The molecule has 0 saturated carbocycles. The van der Waals surface area contributed by atoms with Crippen molar-refractivity contribution in [3.63, 3.8) is 0 Å². The number of ether oxygens (including phenoxy) is 1. The van der Waals surface area contributed by atoms with Gasteiger partial charge in [-0.1, -0.05) is 30.3 Å². The van der Waals surface area contributed by atoms with E-state index in [0.717, 1.165) is 37.5 Å². The number of benzene rings is 2. The van der Waals surface area contributed by atoms with Crippen LogP contribution in [0, 0.1) is 0 Å². The number of rotatable bonds is 9. The first kappa shape index (κ1) is 20.1. The Morgan fingerprint density at radius 3 is 2.83 bits per heavy atom. The highest BCUT2D eigenvalue weighted by molar-refractivity contribution is 9.10. The van der Waals surface area contributed by atoms with Gasteiger partial charge in [-0.25, -0.2) is 4.98 Å². The minimum Gasteiger partial charge on any atom is -0.493 e. The molecule has 4 rings (SSSR count). The molecule has 3 N–H and O–H groups in total. The second-order valence-corrected chi connectivity index (χ2v) is 8.58. The van der Waals surface area contributed by atoms with Gasteiger partial charge in [0.1, 0.15) is 17.7 Å². The highest BCUT2D eigenvalue weighted by atomic mass is 79.9. The van der Waals surface area contributed by atoms with E-state index in [4.69, 9.17) is 4.74 Å². The van der Waals surface area contributed by atoms with E-state index in [1.165, 1.54) is 0 Å². The van der Waals surface area contributed by atoms with Crippen molar-refractivity contribution >= 4 is 38.3 Å². The number of aromatic amines is 1. The third-order valence-electron chi connectivity index (χ3n) is 4.58. The molecule has 0 aliphatic heterocycles. The summed E-state index contributed by atoms with van der Waals surface area (Å²) < 4.78 is 7.02. The molecule has 0 saturated heterocycles. The van der Waals surface area contributed by atoms with Crippen LogP contribution >= 0.6 is 27.3 Å². The molecule has 150 valence electrons. The lowest BCUT2D eigenvalue weighted by Crippen LogP contribution is -2.21. The lowest BCUT2D eigenvalue weighted by atomic mass is 10.2. The van der Waals surface area contributed by atoms with Crippen LogP contribution in [0.3, 0.4) is 0 Å². The Hall–Kier alpha value is -2.19. The van der Waals surface area contributed by atoms with E-state index in [1.54, 1.807) is 11.3 Å². The normalized spacial score (nSPS) is 12.3. The van der Waals surface area contributed by atoms with Gasteiger partial charge in [-0.2, -0.15) is 0 Å². The first-order chi connectivity index (χ1) is 14.2. The zero-order chi connectivity index (χ0) is 20.1. The minimum atomic E-state index is -0.521. The highest BCUT2D eigenvalue weighted by Gasteiger charge is 2.11. The maximum atomic E-state index is 10.3. The van der Waals surface area contributed by atoms with Crippen molar-refractivity contribution in [2.45, 2.75) is 19.1 Å². The van der Waals surface area contributed by atoms with Crippen molar-refractivity contribution in [3.8, 4) is 5.75 Å². The monoisotopic (exact) mass is 471 g/mol. The number of nitrogens with zero attached hydrogens (tertiary/aromatic N) is 1. The van der Waals surface area contributed by atoms with E-state index in [2.05, 4.69) is 31.2 Å². The fourth-order valence-electron chi connectivity index (χ4n) is 3.12. The number of thiophene rings is 1. The van der Waals surface area contributed by atoms with Gasteiger partial charge in [0, 0.05) is 39.8 Å². The Bertz CT molecular complexity index is 1050. The van der Waals surface area contributed by atoms with Gasteiger partial charge < -0.3 is 20.1 Å². The summed E-state index contributed by atoms with van der Waals surface area (Å²) in [7, 11) is 0. The second kappa shape index (κ2) is 9.54. The van der Waals surface area contributed by atoms with E-state index in [9.17, 15) is 5.11 Å². The van der Waals surface area contributed by atoms with Crippen molar-refractivity contribution in [1.82, 2.24) is 15.3 Å². The van der Waals surface area contributed by atoms with Gasteiger partial charge in [0.2, 0.25) is 0 Å². The summed E-state index contributed by atoms with van der Waals surface area (Å²) >= 11 is 4.97. The molecule has 2 heterocycles. The Kier molecular flexibility index (Phi) is 6.61. The summed E-state index contributed by atoms with van der Waals surface area (Å²) in [6.45, 7) is 1.66. The number of aliphatic hydroxyl groups excluding tert-OH is 1. The first-order valence-corrected chi connectivity index (χ1v) is 11.1. The molecule has 0 bridgehead atoms. The average Bonchev–Trinajstić information content (AvgIpc) is 3.35. The molecule has 4 aromatic rings. The number of fused-ring (bicyclic) bond motifs is 1. The molecule has 0 spiro atoms. The maximum Gasteiger partial charge on any atom is 0.123 e. The van der Waals surface area contributed by atoms with Crippen LogP contribution in [0.15, 0.2) is 64.5 Å². The lowest BCUT2D eigenvalue weighted by molar-refractivity contribution is 0.178. The van der Waals surface area contributed by atoms with Gasteiger partial charge in [0.15, 0.2) is 0 Å². The van der Waals surface area contributed by atoms with Crippen molar-refractivity contribution in [1.29, 1.82) is 0 Å². The summed E-state index contributed by atoms with van der Waals surface area (Å²) in [6.07, 6.45) is 0.190. The van der Waals surface area contributed by atoms with Gasteiger partial charge in [-0.05, 0) is 40.2 Å². The third-order valence-corrected chi connectivity index (χ3v) is 6.37. The molecule has 5 nitrogen and oxygen atoms in total. The van der Waals surface area contributed by atoms with Crippen LogP contribution in [0.25, 0.3) is 11.0 Å². The van der Waals surface area contributed by atoms with Crippen molar-refractivity contribution in [2.75, 3.05) is 13.2 Å². The number of hydrogen-bond donors (Lipinski definition) is 3. The molecule has 1 atom stereocenters. The zero-order valence-corrected chi connectivity index (χ0v) is 18.2. The first-order valence-electron chi connectivity index (χ1n) is 9.46. The van der Waals surface area contributed by atoms with E-state index in [-0.39, 0.29) is 0 Å². The number of hydrogen-bond acceptors (Lipinski definition) is 5. The van der Waals surface area contributed by atoms with Crippen molar-refractivity contribution in [3.05, 3.63) is 80.7 Å². The Balaban J connectivity index is 1.29. The topological polar surface area (TPSA) is 70.2 Å². The predicted octanol–water partition coefficient (Wildman–Crippen LogP) is 4.83. The number of imidazole rings is 1. The molecule has 7 heteroatoms. The summed E-state index contributed by atoms with van der Waals surface area (Å²) in [5.41, 5.74) is 3.09. The quantitative estimate of drug-likeness (QED) is 0.326. The largest absolute Gasteiger partial charge is 0.493 e. The fraction of sp³-hybridized carbons (Fsp3) is 0.227. The van der Waals surface area contributed by atoms with Gasteiger partial charge in [0.25, 0.3) is 0 Å². The van der Waals surface area contributed by atoms with Gasteiger partial charge in [-0.3, -0.25) is 0 Å². The molecular formula is C22H22BrN3O2S. The van der Waals surface area contributed by atoms with Crippen LogP contribution < -0.4 is 10.1 Å². The highest BCUT2D eigenvalue weighted by Crippen LogP contribution is 2.25. The van der Waals surface area contributed by atoms with E-state index in [1.807, 2.05) is 60.0 Å². The van der Waals surface area contributed by atoms with E-state index < -0.39 is 6.10 Å². The molecule has 29 heavy (non-hydrogen) atoms. The standard InChI is InChI=1S/C22H22BrN3O2S/c23-16-11-21(29-14-16)19(27)13-24-12-15-5-1-4-8-20(15)28-10-9-22-25-17-6-2-3-7-18(17)26-22/h1-8,11,14,19,24,27H,9-10,12-13H2,(H,25,26)/t19-/m0/s1. The number of para-hydroxylation sites is 3. The van der Waals surface area contributed by atoms with E-state index in [0.29, 0.717) is 26.1 Å². The average molecular weight is 472 g/mol. The van der Waals surface area contributed by atoms with Gasteiger partial charge in [-0.15, -0.1) is 11.3 Å². The zero-order valence-electron chi connectivity index (χ0n) is 15.8. The SMILES string of the molecule is O[C@@H](CNCc1ccccc1OCCc1nc2ccccc2[nH]1)c1cc(Br)cs1. The molecular weight excluding hydrogens is 450 g/mol. The summed E-state index contributed by atoms with van der Waals surface area (Å²) in [5, 5.41) is 15.6. The van der Waals surface area contributed by atoms with Crippen LogP contribution in [0.4, 0.5) is 0 Å². The summed E-state index contributed by atoms with van der Waals surface area (Å²) in [5.74, 6) is 1.77. The Labute approximate surface area is 181 Å².